The fourth-order valence-electron chi connectivity index (χ4n) is 1.89. The molecule has 8 heteroatoms. The molecular weight excluding hydrogens is 325 g/mol. The van der Waals surface area contributed by atoms with Crippen molar-refractivity contribution in [1.82, 2.24) is 15.6 Å². The van der Waals surface area contributed by atoms with E-state index in [1.165, 1.54) is 0 Å². The normalized spacial score (nSPS) is 13.3. The number of hydrogen-bond acceptors (Lipinski definition) is 3. The lowest BCUT2D eigenvalue weighted by atomic mass is 9.91. The first-order valence-corrected chi connectivity index (χ1v) is 8.46. The molecule has 0 bridgehead atoms. The Morgan fingerprint density at radius 3 is 2.39 bits per heavy atom. The van der Waals surface area contributed by atoms with E-state index in [0.717, 1.165) is 36.1 Å². The van der Waals surface area contributed by atoms with Crippen LogP contribution in [0.1, 0.15) is 44.3 Å². The van der Waals surface area contributed by atoms with E-state index in [9.17, 15) is 13.2 Å². The largest absolute Gasteiger partial charge is 0.434 e. The number of aromatic nitrogens is 1. The Bertz CT molecular complexity index is 504. The predicted octanol–water partition coefficient (Wildman–Crippen LogP) is 3.70. The number of rotatable bonds is 6. The van der Waals surface area contributed by atoms with Gasteiger partial charge in [0.25, 0.3) is 0 Å². The van der Waals surface area contributed by atoms with Gasteiger partial charge in [0.15, 0.2) is 11.7 Å². The van der Waals surface area contributed by atoms with Gasteiger partial charge in [-0.1, -0.05) is 20.8 Å². The minimum atomic E-state index is -4.37. The molecule has 0 amide bonds. The molecule has 0 saturated heterocycles. The molecule has 1 rings (SSSR count). The fraction of sp³-hybridized carbons (Fsp3) is 0.733. The number of aliphatic imine (C=N–C) groups is 1. The molecule has 0 radical (unpaired) electrons. The molecule has 4 nitrogen and oxygen atoms in total. The fourth-order valence-corrected chi connectivity index (χ4v) is 2.69. The lowest BCUT2D eigenvalue weighted by molar-refractivity contribution is -0.140. The zero-order valence-corrected chi connectivity index (χ0v) is 14.9. The number of thiazole rings is 1. The summed E-state index contributed by atoms with van der Waals surface area (Å²) in [5.41, 5.74) is -0.512. The van der Waals surface area contributed by atoms with E-state index in [2.05, 4.69) is 41.4 Å². The topological polar surface area (TPSA) is 49.3 Å². The molecule has 23 heavy (non-hydrogen) atoms. The van der Waals surface area contributed by atoms with Crippen molar-refractivity contribution in [3.63, 3.8) is 0 Å². The van der Waals surface area contributed by atoms with Gasteiger partial charge in [-0.2, -0.15) is 13.2 Å². The van der Waals surface area contributed by atoms with Gasteiger partial charge in [-0.3, -0.25) is 4.99 Å². The average molecular weight is 350 g/mol. The standard InChI is InChI=1S/C15H25F3N4S/c1-14(2,3)7-5-8-20-13(19-4)21-9-6-12-22-11(10-23-12)15(16,17)18/h10H,5-9H2,1-4H3,(H2,19,20,21). The Morgan fingerprint density at radius 1 is 1.22 bits per heavy atom. The summed E-state index contributed by atoms with van der Waals surface area (Å²) >= 11 is 1.03. The van der Waals surface area contributed by atoms with Gasteiger partial charge >= 0.3 is 6.18 Å². The molecule has 2 N–H and O–H groups in total. The van der Waals surface area contributed by atoms with Crippen LogP contribution in [-0.4, -0.2) is 31.1 Å². The van der Waals surface area contributed by atoms with Crippen LogP contribution in [0.5, 0.6) is 0 Å². The molecule has 0 aliphatic rings. The predicted molar refractivity (Wildman–Crippen MR) is 88.9 cm³/mol. The van der Waals surface area contributed by atoms with Crippen molar-refractivity contribution in [2.24, 2.45) is 10.4 Å². The molecule has 0 aliphatic carbocycles. The van der Waals surface area contributed by atoms with E-state index in [0.29, 0.717) is 29.3 Å². The van der Waals surface area contributed by atoms with E-state index < -0.39 is 11.9 Å². The van der Waals surface area contributed by atoms with Crippen LogP contribution in [0, 0.1) is 5.41 Å². The van der Waals surface area contributed by atoms with Gasteiger partial charge in [-0.25, -0.2) is 4.98 Å². The molecule has 132 valence electrons. The molecule has 0 unspecified atom stereocenters. The van der Waals surface area contributed by atoms with Gasteiger partial charge in [0.2, 0.25) is 0 Å². The number of halogens is 3. The van der Waals surface area contributed by atoms with Crippen molar-refractivity contribution in [3.05, 3.63) is 16.1 Å². The Morgan fingerprint density at radius 2 is 1.87 bits per heavy atom. The van der Waals surface area contributed by atoms with Gasteiger partial charge in [0, 0.05) is 31.9 Å². The highest BCUT2D eigenvalue weighted by Gasteiger charge is 2.33. The van der Waals surface area contributed by atoms with Crippen LogP contribution in [-0.2, 0) is 12.6 Å². The molecule has 0 atom stereocenters. The minimum Gasteiger partial charge on any atom is -0.356 e. The Hall–Kier alpha value is -1.31. The lowest BCUT2D eigenvalue weighted by Gasteiger charge is -2.18. The summed E-state index contributed by atoms with van der Waals surface area (Å²) in [6.45, 7) is 7.89. The zero-order chi connectivity index (χ0) is 17.5. The molecule has 0 spiro atoms. The monoisotopic (exact) mass is 350 g/mol. The molecular formula is C15H25F3N4S. The van der Waals surface area contributed by atoms with Crippen LogP contribution < -0.4 is 10.6 Å². The maximum Gasteiger partial charge on any atom is 0.434 e. The molecule has 0 aromatic carbocycles. The van der Waals surface area contributed by atoms with Crippen molar-refractivity contribution in [1.29, 1.82) is 0 Å². The van der Waals surface area contributed by atoms with Gasteiger partial charge in [-0.05, 0) is 18.3 Å². The molecule has 1 aromatic heterocycles. The highest BCUT2D eigenvalue weighted by atomic mass is 32.1. The quantitative estimate of drug-likeness (QED) is 0.467. The Balaban J connectivity index is 2.29. The van der Waals surface area contributed by atoms with Gasteiger partial charge in [-0.15, -0.1) is 11.3 Å². The van der Waals surface area contributed by atoms with Crippen molar-refractivity contribution in [2.45, 2.75) is 46.2 Å². The van der Waals surface area contributed by atoms with E-state index in [1.54, 1.807) is 7.05 Å². The number of guanidine groups is 1. The second-order valence-corrected chi connectivity index (χ2v) is 7.41. The van der Waals surface area contributed by atoms with E-state index in [-0.39, 0.29) is 0 Å². The maximum absolute atomic E-state index is 12.5. The number of alkyl halides is 3. The SMILES string of the molecule is CN=C(NCCCC(C)(C)C)NCCc1nc(C(F)(F)F)cs1. The number of hydrogen-bond donors (Lipinski definition) is 2. The van der Waals surface area contributed by atoms with Crippen molar-refractivity contribution < 1.29 is 13.2 Å². The van der Waals surface area contributed by atoms with Crippen LogP contribution >= 0.6 is 11.3 Å². The summed E-state index contributed by atoms with van der Waals surface area (Å²) in [6, 6.07) is 0. The minimum absolute atomic E-state index is 0.305. The number of nitrogens with zero attached hydrogens (tertiary/aromatic N) is 2. The van der Waals surface area contributed by atoms with Crippen LogP contribution in [0.15, 0.2) is 10.4 Å². The zero-order valence-electron chi connectivity index (χ0n) is 14.0. The first-order chi connectivity index (χ1) is 10.6. The lowest BCUT2D eigenvalue weighted by Crippen LogP contribution is -2.38. The van der Waals surface area contributed by atoms with Gasteiger partial charge in [0.05, 0.1) is 5.01 Å². The smallest absolute Gasteiger partial charge is 0.356 e. The summed E-state index contributed by atoms with van der Waals surface area (Å²) in [4.78, 5) is 7.69. The summed E-state index contributed by atoms with van der Waals surface area (Å²) in [5.74, 6) is 0.659. The van der Waals surface area contributed by atoms with Crippen molar-refractivity contribution in [3.8, 4) is 0 Å². The maximum atomic E-state index is 12.5. The Labute approximate surface area is 139 Å². The molecule has 1 heterocycles. The van der Waals surface area contributed by atoms with Crippen LogP contribution in [0.3, 0.4) is 0 Å². The van der Waals surface area contributed by atoms with E-state index >= 15 is 0 Å². The van der Waals surface area contributed by atoms with Gasteiger partial charge < -0.3 is 10.6 Å². The van der Waals surface area contributed by atoms with E-state index in [4.69, 9.17) is 0 Å². The average Bonchev–Trinajstić information content (AvgIpc) is 2.89. The summed E-state index contributed by atoms with van der Waals surface area (Å²) in [6.07, 6.45) is -1.79. The molecule has 0 aliphatic heterocycles. The first kappa shape index (κ1) is 19.7. The molecule has 0 fully saturated rings. The molecule has 0 saturated carbocycles. The first-order valence-electron chi connectivity index (χ1n) is 7.58. The van der Waals surface area contributed by atoms with E-state index in [1.807, 2.05) is 0 Å². The van der Waals surface area contributed by atoms with Crippen LogP contribution in [0.25, 0.3) is 0 Å². The summed E-state index contributed by atoms with van der Waals surface area (Å²) in [7, 11) is 1.67. The van der Waals surface area contributed by atoms with Crippen LogP contribution in [0.2, 0.25) is 0 Å². The van der Waals surface area contributed by atoms with Gasteiger partial charge in [0.1, 0.15) is 0 Å². The Kier molecular flexibility index (Phi) is 7.31. The second kappa shape index (κ2) is 8.52. The highest BCUT2D eigenvalue weighted by Crippen LogP contribution is 2.29. The van der Waals surface area contributed by atoms with Crippen molar-refractivity contribution >= 4 is 17.3 Å². The second-order valence-electron chi connectivity index (χ2n) is 6.46. The third kappa shape index (κ3) is 8.20. The third-order valence-corrected chi connectivity index (χ3v) is 4.00. The van der Waals surface area contributed by atoms with Crippen molar-refractivity contribution in [2.75, 3.05) is 20.1 Å². The molecule has 1 aromatic rings. The highest BCUT2D eigenvalue weighted by molar-refractivity contribution is 7.09. The summed E-state index contributed by atoms with van der Waals surface area (Å²) < 4.78 is 37.4. The summed E-state index contributed by atoms with van der Waals surface area (Å²) in [5, 5.41) is 7.80. The van der Waals surface area contributed by atoms with Crippen LogP contribution in [0.4, 0.5) is 13.2 Å². The number of nitrogens with one attached hydrogen (secondary N) is 2. The third-order valence-electron chi connectivity index (χ3n) is 3.09.